The third-order valence-electron chi connectivity index (χ3n) is 4.48. The average Bonchev–Trinajstić information content (AvgIpc) is 3.14. The Bertz CT molecular complexity index is 1070. The van der Waals surface area contributed by atoms with Crippen molar-refractivity contribution in [1.29, 1.82) is 0 Å². The van der Waals surface area contributed by atoms with Gasteiger partial charge >= 0.3 is 5.97 Å². The number of hydrogen-bond acceptors (Lipinski definition) is 6. The van der Waals surface area contributed by atoms with Gasteiger partial charge in [0.2, 0.25) is 0 Å². The van der Waals surface area contributed by atoms with Crippen molar-refractivity contribution in [3.05, 3.63) is 59.5 Å². The minimum absolute atomic E-state index is 0.0879. The maximum absolute atomic E-state index is 11.9. The first kappa shape index (κ1) is 21.0. The number of nitrogens with zero attached hydrogens (tertiary/aromatic N) is 4. The van der Waals surface area contributed by atoms with E-state index in [1.807, 2.05) is 0 Å². The van der Waals surface area contributed by atoms with E-state index in [0.717, 1.165) is 5.56 Å². The molecule has 30 heavy (non-hydrogen) atoms. The van der Waals surface area contributed by atoms with Crippen molar-refractivity contribution >= 4 is 11.9 Å². The highest BCUT2D eigenvalue weighted by atomic mass is 16.4. The van der Waals surface area contributed by atoms with Crippen LogP contribution in [0.3, 0.4) is 0 Å². The third-order valence-corrected chi connectivity index (χ3v) is 4.48. The van der Waals surface area contributed by atoms with Gasteiger partial charge in [0.05, 0.1) is 12.7 Å². The quantitative estimate of drug-likeness (QED) is 0.569. The summed E-state index contributed by atoms with van der Waals surface area (Å²) in [4.78, 5) is 26.3. The summed E-state index contributed by atoms with van der Waals surface area (Å²) in [7, 11) is 0. The van der Waals surface area contributed by atoms with Crippen molar-refractivity contribution in [1.82, 2.24) is 25.3 Å². The van der Waals surface area contributed by atoms with Crippen LogP contribution in [0, 0.1) is 0 Å². The maximum atomic E-state index is 11.9. The molecule has 0 spiro atoms. The Morgan fingerprint density at radius 3 is 2.47 bits per heavy atom. The molecule has 9 nitrogen and oxygen atoms in total. The summed E-state index contributed by atoms with van der Waals surface area (Å²) in [5, 5.41) is 29.1. The van der Waals surface area contributed by atoms with E-state index in [2.05, 4.69) is 65.6 Å². The molecule has 156 valence electrons. The van der Waals surface area contributed by atoms with E-state index in [1.165, 1.54) is 17.8 Å². The van der Waals surface area contributed by atoms with Crippen LogP contribution in [0.5, 0.6) is 5.75 Å². The number of pyridine rings is 1. The Labute approximate surface area is 173 Å². The molecule has 0 atom stereocenters. The van der Waals surface area contributed by atoms with Gasteiger partial charge in [0.15, 0.2) is 5.69 Å². The fraction of sp³-hybridized carbons (Fsp3) is 0.286. The fourth-order valence-electron chi connectivity index (χ4n) is 2.81. The van der Waals surface area contributed by atoms with Gasteiger partial charge in [-0.25, -0.2) is 9.67 Å². The second kappa shape index (κ2) is 8.32. The first-order chi connectivity index (χ1) is 14.1. The number of aromatic hydroxyl groups is 1. The van der Waals surface area contributed by atoms with E-state index in [4.69, 9.17) is 5.11 Å². The second-order valence-electron chi connectivity index (χ2n) is 7.92. The van der Waals surface area contributed by atoms with Crippen LogP contribution in [0.4, 0.5) is 0 Å². The predicted molar refractivity (Wildman–Crippen MR) is 109 cm³/mol. The lowest BCUT2D eigenvalue weighted by molar-refractivity contribution is -0.135. The normalized spacial score (nSPS) is 11.3. The lowest BCUT2D eigenvalue weighted by Crippen LogP contribution is -2.29. The highest BCUT2D eigenvalue weighted by Crippen LogP contribution is 2.24. The van der Waals surface area contributed by atoms with Crippen molar-refractivity contribution < 1.29 is 19.8 Å². The maximum Gasteiger partial charge on any atom is 0.322 e. The van der Waals surface area contributed by atoms with Gasteiger partial charge in [-0.15, -0.1) is 5.10 Å². The summed E-state index contributed by atoms with van der Waals surface area (Å²) < 4.78 is 1.67. The van der Waals surface area contributed by atoms with Crippen LogP contribution in [0.15, 0.2) is 42.7 Å². The van der Waals surface area contributed by atoms with Gasteiger partial charge in [0, 0.05) is 11.8 Å². The minimum atomic E-state index is -1.19. The Balaban J connectivity index is 1.72. The average molecular weight is 409 g/mol. The topological polar surface area (TPSA) is 130 Å². The van der Waals surface area contributed by atoms with Crippen LogP contribution in [0.25, 0.3) is 11.3 Å². The summed E-state index contributed by atoms with van der Waals surface area (Å²) >= 11 is 0. The molecular formula is C21H23N5O4. The largest absolute Gasteiger partial charge is 0.505 e. The van der Waals surface area contributed by atoms with E-state index in [0.29, 0.717) is 17.8 Å². The van der Waals surface area contributed by atoms with E-state index < -0.39 is 18.4 Å². The van der Waals surface area contributed by atoms with Gasteiger partial charge in [0.25, 0.3) is 5.91 Å². The molecule has 2 heterocycles. The Kier molecular flexibility index (Phi) is 5.81. The van der Waals surface area contributed by atoms with E-state index in [1.54, 1.807) is 10.9 Å². The molecule has 0 saturated carbocycles. The Morgan fingerprint density at radius 1 is 1.17 bits per heavy atom. The molecule has 0 aliphatic rings. The lowest BCUT2D eigenvalue weighted by Gasteiger charge is -2.19. The van der Waals surface area contributed by atoms with Crippen molar-refractivity contribution in [3.8, 4) is 17.0 Å². The Morgan fingerprint density at radius 2 is 1.87 bits per heavy atom. The minimum Gasteiger partial charge on any atom is -0.505 e. The van der Waals surface area contributed by atoms with Gasteiger partial charge in [-0.3, -0.25) is 9.59 Å². The second-order valence-corrected chi connectivity index (χ2v) is 7.92. The highest BCUT2D eigenvalue weighted by Gasteiger charge is 2.16. The number of nitrogens with one attached hydrogen (secondary N) is 1. The molecule has 2 aromatic heterocycles. The number of carboxylic acid groups (broad SMARTS) is 1. The summed E-state index contributed by atoms with van der Waals surface area (Å²) in [6, 6.07) is 9.65. The molecule has 9 heteroatoms. The standard InChI is InChI=1S/C21H23N5O4/c1-21(2,3)15-6-4-13(5-7-15)11-26-12-16(24-25-26)14-8-17(27)19(22-9-14)20(30)23-10-18(28)29/h4-9,12,27H,10-11H2,1-3H3,(H,23,30)(H,28,29). The number of rotatable bonds is 6. The predicted octanol–water partition coefficient (Wildman–Crippen LogP) is 2.21. The van der Waals surface area contributed by atoms with E-state index >= 15 is 0 Å². The number of carbonyl (C=O) groups is 2. The van der Waals surface area contributed by atoms with E-state index in [9.17, 15) is 14.7 Å². The van der Waals surface area contributed by atoms with Crippen LogP contribution in [-0.4, -0.2) is 48.6 Å². The molecule has 0 aliphatic heterocycles. The number of carbonyl (C=O) groups excluding carboxylic acids is 1. The Hall–Kier alpha value is -3.75. The molecular weight excluding hydrogens is 386 g/mol. The molecule has 1 amide bonds. The van der Waals surface area contributed by atoms with Crippen molar-refractivity contribution in [2.24, 2.45) is 0 Å². The molecule has 3 aromatic rings. The third kappa shape index (κ3) is 4.99. The summed E-state index contributed by atoms with van der Waals surface area (Å²) in [5.41, 5.74) is 3.12. The molecule has 0 bridgehead atoms. The van der Waals surface area contributed by atoms with Crippen LogP contribution in [0.1, 0.15) is 42.4 Å². The number of amides is 1. The number of hydrogen-bond donors (Lipinski definition) is 3. The first-order valence-electron chi connectivity index (χ1n) is 9.32. The van der Waals surface area contributed by atoms with Crippen molar-refractivity contribution in [2.45, 2.75) is 32.7 Å². The number of benzene rings is 1. The lowest BCUT2D eigenvalue weighted by atomic mass is 9.87. The van der Waals surface area contributed by atoms with Gasteiger partial charge in [-0.1, -0.05) is 50.3 Å². The summed E-state index contributed by atoms with van der Waals surface area (Å²) in [6.45, 7) is 6.46. The van der Waals surface area contributed by atoms with Crippen LogP contribution in [0.2, 0.25) is 0 Å². The van der Waals surface area contributed by atoms with Gasteiger partial charge in [-0.2, -0.15) is 0 Å². The van der Waals surface area contributed by atoms with Gasteiger partial charge in [-0.05, 0) is 22.6 Å². The zero-order valence-corrected chi connectivity index (χ0v) is 17.0. The van der Waals surface area contributed by atoms with Gasteiger partial charge < -0.3 is 15.5 Å². The van der Waals surface area contributed by atoms with Crippen LogP contribution in [-0.2, 0) is 16.8 Å². The van der Waals surface area contributed by atoms with Crippen LogP contribution >= 0.6 is 0 Å². The highest BCUT2D eigenvalue weighted by molar-refractivity contribution is 5.96. The van der Waals surface area contributed by atoms with Crippen LogP contribution < -0.4 is 5.32 Å². The molecule has 0 radical (unpaired) electrons. The molecule has 0 saturated heterocycles. The SMILES string of the molecule is CC(C)(C)c1ccc(Cn2cc(-c3cnc(C(=O)NCC(=O)O)c(O)c3)nn2)cc1. The number of aromatic nitrogens is 4. The smallest absolute Gasteiger partial charge is 0.322 e. The number of aliphatic carboxylic acids is 1. The molecule has 3 N–H and O–H groups in total. The molecule has 0 unspecified atom stereocenters. The van der Waals surface area contributed by atoms with Crippen molar-refractivity contribution in [3.63, 3.8) is 0 Å². The molecule has 0 fully saturated rings. The van der Waals surface area contributed by atoms with E-state index in [-0.39, 0.29) is 16.9 Å². The summed E-state index contributed by atoms with van der Waals surface area (Å²) in [6.07, 6.45) is 3.10. The molecule has 0 aliphatic carbocycles. The molecule has 1 aromatic carbocycles. The van der Waals surface area contributed by atoms with Gasteiger partial charge in [0.1, 0.15) is 18.0 Å². The zero-order chi connectivity index (χ0) is 21.9. The van der Waals surface area contributed by atoms with Crippen molar-refractivity contribution in [2.75, 3.05) is 6.54 Å². The fourth-order valence-corrected chi connectivity index (χ4v) is 2.81. The monoisotopic (exact) mass is 409 g/mol. The zero-order valence-electron chi connectivity index (χ0n) is 17.0. The number of carboxylic acids is 1. The molecule has 3 rings (SSSR count). The summed E-state index contributed by atoms with van der Waals surface area (Å²) in [5.74, 6) is -2.34. The first-order valence-corrected chi connectivity index (χ1v) is 9.32.